The zero-order valence-electron chi connectivity index (χ0n) is 10.1. The lowest BCUT2D eigenvalue weighted by Crippen LogP contribution is -2.07. The molecule has 1 atom stereocenters. The number of nitrogens with zero attached hydrogens (tertiary/aromatic N) is 1. The maximum Gasteiger partial charge on any atom is 0.0389 e. The second-order valence-corrected chi connectivity index (χ2v) is 5.86. The van der Waals surface area contributed by atoms with Gasteiger partial charge in [0, 0.05) is 12.8 Å². The predicted molar refractivity (Wildman–Crippen MR) is 66.4 cm³/mol. The van der Waals surface area contributed by atoms with Gasteiger partial charge in [0.2, 0.25) is 0 Å². The molecule has 1 aliphatic heterocycles. The Morgan fingerprint density at radius 3 is 2.93 bits per heavy atom. The SMILES string of the molecule is CC1(C)CCC(/C2=C/C=NCCCC2)C1. The van der Waals surface area contributed by atoms with Crippen LogP contribution in [0.15, 0.2) is 16.6 Å². The summed E-state index contributed by atoms with van der Waals surface area (Å²) in [5.41, 5.74) is 2.24. The summed E-state index contributed by atoms with van der Waals surface area (Å²) in [4.78, 5) is 4.39. The second kappa shape index (κ2) is 4.51. The molecule has 15 heavy (non-hydrogen) atoms. The molecule has 1 heteroatoms. The molecule has 84 valence electrons. The molecule has 0 radical (unpaired) electrons. The number of aliphatic imine (C=N–C) groups is 1. The number of rotatable bonds is 1. The van der Waals surface area contributed by atoms with E-state index in [0.29, 0.717) is 5.41 Å². The Morgan fingerprint density at radius 1 is 1.33 bits per heavy atom. The quantitative estimate of drug-likeness (QED) is 0.613. The number of allylic oxidation sites excluding steroid dienone is 2. The highest BCUT2D eigenvalue weighted by atomic mass is 14.7. The smallest absolute Gasteiger partial charge is 0.0389 e. The van der Waals surface area contributed by atoms with Gasteiger partial charge in [0.25, 0.3) is 0 Å². The van der Waals surface area contributed by atoms with Gasteiger partial charge in [-0.2, -0.15) is 0 Å². The maximum absolute atomic E-state index is 4.39. The van der Waals surface area contributed by atoms with E-state index in [1.54, 1.807) is 5.57 Å². The summed E-state index contributed by atoms with van der Waals surface area (Å²) in [7, 11) is 0. The molecule has 0 aromatic heterocycles. The molecule has 0 bridgehead atoms. The van der Waals surface area contributed by atoms with Crippen molar-refractivity contribution in [3.63, 3.8) is 0 Å². The van der Waals surface area contributed by atoms with Crippen molar-refractivity contribution in [2.24, 2.45) is 16.3 Å². The van der Waals surface area contributed by atoms with Crippen LogP contribution in [0.1, 0.15) is 52.4 Å². The Kier molecular flexibility index (Phi) is 3.28. The van der Waals surface area contributed by atoms with E-state index in [1.807, 2.05) is 6.21 Å². The average molecular weight is 205 g/mol. The third kappa shape index (κ3) is 2.93. The zero-order chi connectivity index (χ0) is 10.7. The highest BCUT2D eigenvalue weighted by Crippen LogP contribution is 2.44. The lowest BCUT2D eigenvalue weighted by molar-refractivity contribution is 0.368. The van der Waals surface area contributed by atoms with E-state index in [2.05, 4.69) is 24.9 Å². The van der Waals surface area contributed by atoms with Crippen LogP contribution in [0.4, 0.5) is 0 Å². The van der Waals surface area contributed by atoms with Crippen LogP contribution in [0.3, 0.4) is 0 Å². The van der Waals surface area contributed by atoms with Crippen LogP contribution in [0, 0.1) is 11.3 Å². The van der Waals surface area contributed by atoms with Crippen molar-refractivity contribution in [3.8, 4) is 0 Å². The third-order valence-corrected chi connectivity index (χ3v) is 3.89. The van der Waals surface area contributed by atoms with Gasteiger partial charge in [-0.05, 0) is 55.9 Å². The minimum Gasteiger partial charge on any atom is -0.293 e. The Labute approximate surface area is 93.7 Å². The lowest BCUT2D eigenvalue weighted by Gasteiger charge is -2.19. The normalized spacial score (nSPS) is 34.3. The average Bonchev–Trinajstić information content (AvgIpc) is 2.45. The van der Waals surface area contributed by atoms with Crippen molar-refractivity contribution < 1.29 is 0 Å². The predicted octanol–water partition coefficient (Wildman–Crippen LogP) is 3.99. The van der Waals surface area contributed by atoms with Gasteiger partial charge in [-0.15, -0.1) is 0 Å². The molecule has 0 aromatic carbocycles. The van der Waals surface area contributed by atoms with Crippen LogP contribution in [-0.2, 0) is 0 Å². The van der Waals surface area contributed by atoms with Gasteiger partial charge in [0.15, 0.2) is 0 Å². The van der Waals surface area contributed by atoms with Gasteiger partial charge in [-0.1, -0.05) is 19.4 Å². The summed E-state index contributed by atoms with van der Waals surface area (Å²) in [5.74, 6) is 0.851. The molecule has 0 spiro atoms. The standard InChI is InChI=1S/C14H23N/c1-14(2)8-6-13(11-14)12-5-3-4-9-15-10-7-12/h7,10,13H,3-6,8-9,11H2,1-2H3/b12-7+,15-10?. The molecule has 0 aromatic rings. The molecule has 1 nitrogen and oxygen atoms in total. The zero-order valence-corrected chi connectivity index (χ0v) is 10.1. The van der Waals surface area contributed by atoms with Gasteiger partial charge in [0.05, 0.1) is 0 Å². The number of hydrogen-bond acceptors (Lipinski definition) is 1. The fourth-order valence-corrected chi connectivity index (χ4v) is 2.93. The summed E-state index contributed by atoms with van der Waals surface area (Å²) >= 11 is 0. The highest BCUT2D eigenvalue weighted by molar-refractivity contribution is 5.72. The van der Waals surface area contributed by atoms with Crippen LogP contribution in [-0.4, -0.2) is 12.8 Å². The van der Waals surface area contributed by atoms with Crippen molar-refractivity contribution in [2.75, 3.05) is 6.54 Å². The molecule has 0 saturated heterocycles. The fraction of sp³-hybridized carbons (Fsp3) is 0.786. The van der Waals surface area contributed by atoms with E-state index < -0.39 is 0 Å². The topological polar surface area (TPSA) is 12.4 Å². The fourth-order valence-electron chi connectivity index (χ4n) is 2.93. The Hall–Kier alpha value is -0.590. The molecule has 0 N–H and O–H groups in total. The van der Waals surface area contributed by atoms with Crippen molar-refractivity contribution in [1.29, 1.82) is 0 Å². The lowest BCUT2D eigenvalue weighted by atomic mass is 9.86. The minimum absolute atomic E-state index is 0.574. The van der Waals surface area contributed by atoms with Gasteiger partial charge in [-0.25, -0.2) is 0 Å². The van der Waals surface area contributed by atoms with E-state index in [4.69, 9.17) is 0 Å². The van der Waals surface area contributed by atoms with Gasteiger partial charge >= 0.3 is 0 Å². The summed E-state index contributed by atoms with van der Waals surface area (Å²) < 4.78 is 0. The molecule has 2 rings (SSSR count). The van der Waals surface area contributed by atoms with Crippen LogP contribution < -0.4 is 0 Å². The molecule has 1 saturated carbocycles. The Morgan fingerprint density at radius 2 is 2.20 bits per heavy atom. The largest absolute Gasteiger partial charge is 0.293 e. The summed E-state index contributed by atoms with van der Waals surface area (Å²) in [6, 6.07) is 0. The van der Waals surface area contributed by atoms with Gasteiger partial charge < -0.3 is 0 Å². The van der Waals surface area contributed by atoms with Crippen LogP contribution in [0.2, 0.25) is 0 Å². The van der Waals surface area contributed by atoms with Crippen molar-refractivity contribution in [2.45, 2.75) is 52.4 Å². The molecular formula is C14H23N. The first-order chi connectivity index (χ1) is 7.17. The number of hydrogen-bond donors (Lipinski definition) is 0. The van der Waals surface area contributed by atoms with E-state index in [1.165, 1.54) is 38.5 Å². The maximum atomic E-state index is 4.39. The van der Waals surface area contributed by atoms with E-state index in [9.17, 15) is 0 Å². The molecule has 2 aliphatic rings. The molecule has 1 heterocycles. The molecule has 1 unspecified atom stereocenters. The third-order valence-electron chi connectivity index (χ3n) is 3.89. The van der Waals surface area contributed by atoms with Gasteiger partial charge in [-0.3, -0.25) is 4.99 Å². The van der Waals surface area contributed by atoms with Crippen LogP contribution >= 0.6 is 0 Å². The van der Waals surface area contributed by atoms with Crippen LogP contribution in [0.25, 0.3) is 0 Å². The first kappa shape index (κ1) is 10.9. The molecule has 0 amide bonds. The van der Waals surface area contributed by atoms with Crippen molar-refractivity contribution >= 4 is 6.21 Å². The highest BCUT2D eigenvalue weighted by Gasteiger charge is 2.32. The Balaban J connectivity index is 2.03. The first-order valence-corrected chi connectivity index (χ1v) is 6.36. The molecular weight excluding hydrogens is 182 g/mol. The van der Waals surface area contributed by atoms with E-state index in [-0.39, 0.29) is 0 Å². The Bertz CT molecular complexity index is 273. The summed E-state index contributed by atoms with van der Waals surface area (Å²) in [5, 5.41) is 0. The van der Waals surface area contributed by atoms with Gasteiger partial charge in [0.1, 0.15) is 0 Å². The summed E-state index contributed by atoms with van der Waals surface area (Å²) in [6.07, 6.45) is 12.4. The van der Waals surface area contributed by atoms with E-state index in [0.717, 1.165) is 12.5 Å². The van der Waals surface area contributed by atoms with E-state index >= 15 is 0 Å². The second-order valence-electron chi connectivity index (χ2n) is 5.86. The molecule has 1 aliphatic carbocycles. The van der Waals surface area contributed by atoms with Crippen molar-refractivity contribution in [1.82, 2.24) is 0 Å². The monoisotopic (exact) mass is 205 g/mol. The minimum atomic E-state index is 0.574. The molecule has 1 fully saturated rings. The summed E-state index contributed by atoms with van der Waals surface area (Å²) in [6.45, 7) is 5.84. The van der Waals surface area contributed by atoms with Crippen LogP contribution in [0.5, 0.6) is 0 Å². The van der Waals surface area contributed by atoms with Crippen molar-refractivity contribution in [3.05, 3.63) is 11.6 Å². The first-order valence-electron chi connectivity index (χ1n) is 6.36.